The van der Waals surface area contributed by atoms with Gasteiger partial charge in [0.05, 0.1) is 11.7 Å². The zero-order valence-electron chi connectivity index (χ0n) is 17.9. The van der Waals surface area contributed by atoms with Crippen LogP contribution in [0, 0.1) is 11.3 Å². The third kappa shape index (κ3) is 3.02. The molecule has 30 heavy (non-hydrogen) atoms. The van der Waals surface area contributed by atoms with Crippen LogP contribution in [0.5, 0.6) is 0 Å². The van der Waals surface area contributed by atoms with Crippen molar-refractivity contribution >= 4 is 16.9 Å². The molecule has 7 heteroatoms. The van der Waals surface area contributed by atoms with E-state index in [-0.39, 0.29) is 0 Å². The van der Waals surface area contributed by atoms with Gasteiger partial charge >= 0.3 is 0 Å². The van der Waals surface area contributed by atoms with E-state index in [1.54, 1.807) is 0 Å². The van der Waals surface area contributed by atoms with E-state index in [1.807, 2.05) is 17.9 Å². The SMILES string of the molecule is CC1CC2(CCOCC2)CN1c1nnc(-c2ccc3cnn(C)c3c2)n1CC1CC1. The normalized spacial score (nSPS) is 23.7. The van der Waals surface area contributed by atoms with E-state index in [0.29, 0.717) is 11.5 Å². The monoisotopic (exact) mass is 406 g/mol. The number of ether oxygens (including phenoxy) is 1. The summed E-state index contributed by atoms with van der Waals surface area (Å²) in [5.41, 5.74) is 2.63. The van der Waals surface area contributed by atoms with Gasteiger partial charge in [-0.1, -0.05) is 12.1 Å². The molecule has 1 atom stereocenters. The lowest BCUT2D eigenvalue weighted by molar-refractivity contribution is 0.0242. The van der Waals surface area contributed by atoms with Crippen LogP contribution >= 0.6 is 0 Å². The molecule has 7 nitrogen and oxygen atoms in total. The first-order chi connectivity index (χ1) is 14.6. The maximum absolute atomic E-state index is 5.66. The Morgan fingerprint density at radius 2 is 2.00 bits per heavy atom. The van der Waals surface area contributed by atoms with Crippen LogP contribution in [0.15, 0.2) is 24.4 Å². The Morgan fingerprint density at radius 1 is 1.17 bits per heavy atom. The molecule has 0 N–H and O–H groups in total. The summed E-state index contributed by atoms with van der Waals surface area (Å²) < 4.78 is 9.98. The summed E-state index contributed by atoms with van der Waals surface area (Å²) in [6, 6.07) is 6.99. The molecule has 2 saturated heterocycles. The second-order valence-electron chi connectivity index (χ2n) is 9.71. The fourth-order valence-corrected chi connectivity index (χ4v) is 5.48. The summed E-state index contributed by atoms with van der Waals surface area (Å²) in [4.78, 5) is 2.52. The quantitative estimate of drug-likeness (QED) is 0.662. The Bertz CT molecular complexity index is 1070. The van der Waals surface area contributed by atoms with E-state index in [9.17, 15) is 0 Å². The lowest BCUT2D eigenvalue weighted by Crippen LogP contribution is -2.34. The summed E-state index contributed by atoms with van der Waals surface area (Å²) in [5, 5.41) is 15.0. The molecular weight excluding hydrogens is 376 g/mol. The molecule has 4 heterocycles. The molecule has 3 fully saturated rings. The van der Waals surface area contributed by atoms with E-state index >= 15 is 0 Å². The van der Waals surface area contributed by atoms with Crippen molar-refractivity contribution in [2.24, 2.45) is 18.4 Å². The highest BCUT2D eigenvalue weighted by Gasteiger charge is 2.45. The lowest BCUT2D eigenvalue weighted by Gasteiger charge is -2.33. The summed E-state index contributed by atoms with van der Waals surface area (Å²) in [7, 11) is 1.99. The Labute approximate surface area is 177 Å². The van der Waals surface area contributed by atoms with Gasteiger partial charge in [-0.2, -0.15) is 5.10 Å². The van der Waals surface area contributed by atoms with E-state index in [1.165, 1.54) is 19.3 Å². The molecule has 1 spiro atoms. The van der Waals surface area contributed by atoms with Crippen molar-refractivity contribution in [2.75, 3.05) is 24.7 Å². The molecule has 1 saturated carbocycles. The molecule has 2 aromatic heterocycles. The van der Waals surface area contributed by atoms with Crippen LogP contribution in [0.2, 0.25) is 0 Å². The number of hydrogen-bond acceptors (Lipinski definition) is 5. The summed E-state index contributed by atoms with van der Waals surface area (Å²) in [6.45, 7) is 6.22. The van der Waals surface area contributed by atoms with Crippen molar-refractivity contribution in [2.45, 2.75) is 51.6 Å². The number of hydrogen-bond donors (Lipinski definition) is 0. The summed E-state index contributed by atoms with van der Waals surface area (Å²) in [5.74, 6) is 2.80. The van der Waals surface area contributed by atoms with Crippen LogP contribution in [0.3, 0.4) is 0 Å². The molecule has 2 aliphatic heterocycles. The lowest BCUT2D eigenvalue weighted by atomic mass is 9.78. The molecule has 158 valence electrons. The molecule has 1 aromatic carbocycles. The van der Waals surface area contributed by atoms with Gasteiger partial charge in [-0.05, 0) is 56.4 Å². The second kappa shape index (κ2) is 6.80. The fourth-order valence-electron chi connectivity index (χ4n) is 5.48. The molecule has 0 amide bonds. The minimum atomic E-state index is 0.377. The van der Waals surface area contributed by atoms with Crippen LogP contribution < -0.4 is 4.90 Å². The van der Waals surface area contributed by atoms with E-state index < -0.39 is 0 Å². The molecule has 1 aliphatic carbocycles. The molecule has 1 unspecified atom stereocenters. The number of nitrogens with zero attached hydrogens (tertiary/aromatic N) is 6. The topological polar surface area (TPSA) is 61.0 Å². The Hall–Kier alpha value is -2.41. The van der Waals surface area contributed by atoms with E-state index in [4.69, 9.17) is 14.9 Å². The molecule has 3 aromatic rings. The minimum absolute atomic E-state index is 0.377. The van der Waals surface area contributed by atoms with Crippen molar-refractivity contribution < 1.29 is 4.74 Å². The average molecular weight is 407 g/mol. The van der Waals surface area contributed by atoms with Crippen molar-refractivity contribution in [3.05, 3.63) is 24.4 Å². The molecule has 0 bridgehead atoms. The van der Waals surface area contributed by atoms with Gasteiger partial charge in [0.15, 0.2) is 5.82 Å². The summed E-state index contributed by atoms with van der Waals surface area (Å²) >= 11 is 0. The Balaban J connectivity index is 1.39. The zero-order valence-corrected chi connectivity index (χ0v) is 17.9. The van der Waals surface area contributed by atoms with E-state index in [0.717, 1.165) is 73.3 Å². The standard InChI is InChI=1S/C23H30N6O/c1-16-12-23(7-9-30-10-8-23)15-29(16)22-26-25-21(28(22)14-17-3-4-17)18-5-6-19-13-24-27(2)20(19)11-18/h5-6,11,13,16-17H,3-4,7-10,12,14-15H2,1-2H3. The van der Waals surface area contributed by atoms with Gasteiger partial charge in [-0.25, -0.2) is 0 Å². The fraction of sp³-hybridized carbons (Fsp3) is 0.609. The zero-order chi connectivity index (χ0) is 20.3. The van der Waals surface area contributed by atoms with Crippen molar-refractivity contribution in [1.29, 1.82) is 0 Å². The minimum Gasteiger partial charge on any atom is -0.381 e. The maximum Gasteiger partial charge on any atom is 0.227 e. The van der Waals surface area contributed by atoms with E-state index in [2.05, 4.69) is 39.7 Å². The number of rotatable bonds is 4. The molecule has 3 aliphatic rings. The van der Waals surface area contributed by atoms with Gasteiger partial charge in [-0.15, -0.1) is 10.2 Å². The van der Waals surface area contributed by atoms with Crippen LogP contribution in [-0.2, 0) is 18.3 Å². The first-order valence-electron chi connectivity index (χ1n) is 11.3. The maximum atomic E-state index is 5.66. The first-order valence-corrected chi connectivity index (χ1v) is 11.3. The van der Waals surface area contributed by atoms with Crippen LogP contribution in [0.1, 0.15) is 39.0 Å². The van der Waals surface area contributed by atoms with Crippen LogP contribution in [0.4, 0.5) is 5.95 Å². The number of fused-ring (bicyclic) bond motifs is 1. The summed E-state index contributed by atoms with van der Waals surface area (Å²) in [6.07, 6.45) is 8.09. The highest BCUT2D eigenvalue weighted by molar-refractivity contribution is 5.83. The van der Waals surface area contributed by atoms with Crippen molar-refractivity contribution in [3.8, 4) is 11.4 Å². The predicted molar refractivity (Wildman–Crippen MR) is 116 cm³/mol. The Morgan fingerprint density at radius 3 is 2.80 bits per heavy atom. The number of aromatic nitrogens is 5. The third-order valence-electron chi connectivity index (χ3n) is 7.45. The number of benzene rings is 1. The largest absolute Gasteiger partial charge is 0.381 e. The van der Waals surface area contributed by atoms with Gasteiger partial charge in [0.25, 0.3) is 0 Å². The highest BCUT2D eigenvalue weighted by atomic mass is 16.5. The molecule has 0 radical (unpaired) electrons. The van der Waals surface area contributed by atoms with Crippen LogP contribution in [0.25, 0.3) is 22.3 Å². The second-order valence-corrected chi connectivity index (χ2v) is 9.71. The van der Waals surface area contributed by atoms with Gasteiger partial charge in [-0.3, -0.25) is 9.25 Å². The van der Waals surface area contributed by atoms with Gasteiger partial charge < -0.3 is 9.64 Å². The van der Waals surface area contributed by atoms with Gasteiger partial charge in [0, 0.05) is 50.3 Å². The number of anilines is 1. The smallest absolute Gasteiger partial charge is 0.227 e. The van der Waals surface area contributed by atoms with Crippen molar-refractivity contribution in [1.82, 2.24) is 24.5 Å². The third-order valence-corrected chi connectivity index (χ3v) is 7.45. The average Bonchev–Trinajstić information content (AvgIpc) is 3.24. The highest BCUT2D eigenvalue weighted by Crippen LogP contribution is 2.45. The molecular formula is C23H30N6O. The number of aryl methyl sites for hydroxylation is 1. The molecule has 6 rings (SSSR count). The van der Waals surface area contributed by atoms with Gasteiger partial charge in [0.1, 0.15) is 0 Å². The first kappa shape index (κ1) is 18.4. The Kier molecular flexibility index (Phi) is 4.17. The van der Waals surface area contributed by atoms with Crippen LogP contribution in [-0.4, -0.2) is 50.3 Å². The van der Waals surface area contributed by atoms with Crippen molar-refractivity contribution in [3.63, 3.8) is 0 Å². The van der Waals surface area contributed by atoms with Gasteiger partial charge in [0.2, 0.25) is 5.95 Å². The predicted octanol–water partition coefficient (Wildman–Crippen LogP) is 3.64.